The summed E-state index contributed by atoms with van der Waals surface area (Å²) >= 11 is 6.37. The number of carbonyl (C=O) groups excluding carboxylic acids is 2. The van der Waals surface area contributed by atoms with Crippen LogP contribution in [0.15, 0.2) is 73.1 Å². The molecule has 0 saturated heterocycles. The molecule has 0 fully saturated rings. The number of halogens is 1. The molecule has 2 aromatic carbocycles. The van der Waals surface area contributed by atoms with Gasteiger partial charge in [-0.3, -0.25) is 14.6 Å². The summed E-state index contributed by atoms with van der Waals surface area (Å²) in [6, 6.07) is 17.9. The minimum absolute atomic E-state index is 0.103. The van der Waals surface area contributed by atoms with E-state index in [4.69, 9.17) is 21.3 Å². The van der Waals surface area contributed by atoms with Gasteiger partial charge in [-0.1, -0.05) is 29.8 Å². The maximum absolute atomic E-state index is 13.3. The first kappa shape index (κ1) is 24.2. The Morgan fingerprint density at radius 3 is 2.46 bits per heavy atom. The second kappa shape index (κ2) is 11.0. The van der Waals surface area contributed by atoms with Crippen molar-refractivity contribution < 1.29 is 14.3 Å². The van der Waals surface area contributed by atoms with Gasteiger partial charge in [0, 0.05) is 42.1 Å². The van der Waals surface area contributed by atoms with Crippen LogP contribution >= 0.6 is 11.6 Å². The third-order valence-electron chi connectivity index (χ3n) is 5.59. The summed E-state index contributed by atoms with van der Waals surface area (Å²) in [6.07, 6.45) is 3.38. The standard InChI is InChI=1S/C27H25ClN4O3/c1-3-32(4-2)26(33)17-35-25-10-9-19(15-22(25)28)30-27(34)21-16-24(18-11-13-29-14-12-18)31-23-8-6-5-7-20(21)23/h5-16H,3-4,17H2,1-2H3,(H,30,34). The van der Waals surface area contributed by atoms with Crippen molar-refractivity contribution in [1.82, 2.24) is 14.9 Å². The van der Waals surface area contributed by atoms with Crippen LogP contribution in [0.3, 0.4) is 0 Å². The summed E-state index contributed by atoms with van der Waals surface area (Å²) in [5.74, 6) is -0.0297. The Balaban J connectivity index is 1.55. The van der Waals surface area contributed by atoms with Crippen LogP contribution in [0.2, 0.25) is 5.02 Å². The predicted molar refractivity (Wildman–Crippen MR) is 138 cm³/mol. The van der Waals surface area contributed by atoms with Crippen molar-refractivity contribution in [3.63, 3.8) is 0 Å². The molecular weight excluding hydrogens is 464 g/mol. The molecule has 0 radical (unpaired) electrons. The highest BCUT2D eigenvalue weighted by atomic mass is 35.5. The molecular formula is C27H25ClN4O3. The molecule has 178 valence electrons. The van der Waals surface area contributed by atoms with E-state index in [1.54, 1.807) is 41.6 Å². The minimum Gasteiger partial charge on any atom is -0.482 e. The summed E-state index contributed by atoms with van der Waals surface area (Å²) in [5.41, 5.74) is 3.25. The van der Waals surface area contributed by atoms with Gasteiger partial charge in [0.25, 0.3) is 11.8 Å². The number of amides is 2. The molecule has 35 heavy (non-hydrogen) atoms. The van der Waals surface area contributed by atoms with Crippen molar-refractivity contribution in [3.05, 3.63) is 83.6 Å². The molecule has 0 aliphatic rings. The van der Waals surface area contributed by atoms with Gasteiger partial charge in [-0.25, -0.2) is 4.98 Å². The van der Waals surface area contributed by atoms with Crippen LogP contribution in [-0.4, -0.2) is 46.4 Å². The number of ether oxygens (including phenoxy) is 1. The first-order valence-electron chi connectivity index (χ1n) is 11.3. The molecule has 0 atom stereocenters. The smallest absolute Gasteiger partial charge is 0.260 e. The SMILES string of the molecule is CCN(CC)C(=O)COc1ccc(NC(=O)c2cc(-c3ccncc3)nc3ccccc23)cc1Cl. The Labute approximate surface area is 208 Å². The lowest BCUT2D eigenvalue weighted by Crippen LogP contribution is -2.34. The number of hydrogen-bond acceptors (Lipinski definition) is 5. The van der Waals surface area contributed by atoms with E-state index in [-0.39, 0.29) is 18.4 Å². The molecule has 4 aromatic rings. The fourth-order valence-electron chi connectivity index (χ4n) is 3.73. The molecule has 0 spiro atoms. The van der Waals surface area contributed by atoms with Crippen molar-refractivity contribution in [3.8, 4) is 17.0 Å². The number of nitrogens with one attached hydrogen (secondary N) is 1. The molecule has 0 unspecified atom stereocenters. The number of likely N-dealkylation sites (N-methyl/N-ethyl adjacent to an activating group) is 1. The summed E-state index contributed by atoms with van der Waals surface area (Å²) in [5, 5.41) is 3.94. The molecule has 2 amide bonds. The number of pyridine rings is 2. The van der Waals surface area contributed by atoms with Gasteiger partial charge in [-0.2, -0.15) is 0 Å². The van der Waals surface area contributed by atoms with Crippen molar-refractivity contribution in [2.75, 3.05) is 25.0 Å². The van der Waals surface area contributed by atoms with E-state index in [2.05, 4.69) is 10.3 Å². The molecule has 0 saturated carbocycles. The van der Waals surface area contributed by atoms with Crippen LogP contribution in [0.1, 0.15) is 24.2 Å². The van der Waals surface area contributed by atoms with Crippen LogP contribution < -0.4 is 10.1 Å². The summed E-state index contributed by atoms with van der Waals surface area (Å²) < 4.78 is 5.60. The van der Waals surface area contributed by atoms with E-state index in [1.165, 1.54) is 0 Å². The fraction of sp³-hybridized carbons (Fsp3) is 0.185. The van der Waals surface area contributed by atoms with Crippen molar-refractivity contribution >= 4 is 40.0 Å². The van der Waals surface area contributed by atoms with E-state index >= 15 is 0 Å². The summed E-state index contributed by atoms with van der Waals surface area (Å²) in [7, 11) is 0. The second-order valence-electron chi connectivity index (χ2n) is 7.76. The normalized spacial score (nSPS) is 10.7. The number of aromatic nitrogens is 2. The van der Waals surface area contributed by atoms with Gasteiger partial charge in [0.1, 0.15) is 5.75 Å². The fourth-order valence-corrected chi connectivity index (χ4v) is 3.97. The third-order valence-corrected chi connectivity index (χ3v) is 5.89. The molecule has 2 heterocycles. The number of nitrogens with zero attached hydrogens (tertiary/aromatic N) is 3. The van der Waals surface area contributed by atoms with E-state index < -0.39 is 0 Å². The zero-order chi connectivity index (χ0) is 24.8. The maximum atomic E-state index is 13.3. The lowest BCUT2D eigenvalue weighted by molar-refractivity contribution is -0.132. The molecule has 8 heteroatoms. The zero-order valence-electron chi connectivity index (χ0n) is 19.5. The highest BCUT2D eigenvalue weighted by molar-refractivity contribution is 6.32. The lowest BCUT2D eigenvalue weighted by atomic mass is 10.0. The Bertz CT molecular complexity index is 1360. The number of fused-ring (bicyclic) bond motifs is 1. The van der Waals surface area contributed by atoms with Crippen LogP contribution in [0.4, 0.5) is 5.69 Å². The van der Waals surface area contributed by atoms with Crippen LogP contribution in [-0.2, 0) is 4.79 Å². The van der Waals surface area contributed by atoms with Crippen molar-refractivity contribution in [1.29, 1.82) is 0 Å². The van der Waals surface area contributed by atoms with Gasteiger partial charge in [0.05, 0.1) is 21.8 Å². The first-order valence-corrected chi connectivity index (χ1v) is 11.7. The minimum atomic E-state index is -0.291. The number of benzene rings is 2. The monoisotopic (exact) mass is 488 g/mol. The van der Waals surface area contributed by atoms with Gasteiger partial charge in [-0.05, 0) is 56.3 Å². The zero-order valence-corrected chi connectivity index (χ0v) is 20.2. The molecule has 7 nitrogen and oxygen atoms in total. The number of anilines is 1. The number of hydrogen-bond donors (Lipinski definition) is 1. The predicted octanol–water partition coefficient (Wildman–Crippen LogP) is 5.45. The molecule has 2 aromatic heterocycles. The Morgan fingerprint density at radius 2 is 1.74 bits per heavy atom. The number of rotatable bonds is 8. The van der Waals surface area contributed by atoms with Crippen molar-refractivity contribution in [2.24, 2.45) is 0 Å². The quantitative estimate of drug-likeness (QED) is 0.356. The highest BCUT2D eigenvalue weighted by Gasteiger charge is 2.16. The summed E-state index contributed by atoms with van der Waals surface area (Å²) in [6.45, 7) is 4.96. The van der Waals surface area contributed by atoms with Gasteiger partial charge >= 0.3 is 0 Å². The van der Waals surface area contributed by atoms with E-state index in [9.17, 15) is 9.59 Å². The first-order chi connectivity index (χ1) is 17.0. The van der Waals surface area contributed by atoms with Gasteiger partial charge in [-0.15, -0.1) is 0 Å². The molecule has 0 aliphatic carbocycles. The molecule has 0 aliphatic heterocycles. The molecule has 1 N–H and O–H groups in total. The van der Waals surface area contributed by atoms with Crippen LogP contribution in [0.5, 0.6) is 5.75 Å². The average Bonchev–Trinajstić information content (AvgIpc) is 2.88. The second-order valence-corrected chi connectivity index (χ2v) is 8.17. The van der Waals surface area contributed by atoms with Gasteiger partial charge < -0.3 is 15.0 Å². The summed E-state index contributed by atoms with van der Waals surface area (Å²) in [4.78, 5) is 35.9. The van der Waals surface area contributed by atoms with Crippen LogP contribution in [0.25, 0.3) is 22.2 Å². The Hall–Kier alpha value is -3.97. The largest absolute Gasteiger partial charge is 0.482 e. The van der Waals surface area contributed by atoms with E-state index in [0.717, 1.165) is 10.9 Å². The Morgan fingerprint density at radius 1 is 1.00 bits per heavy atom. The molecule has 0 bridgehead atoms. The van der Waals surface area contributed by atoms with Gasteiger partial charge in [0.15, 0.2) is 6.61 Å². The third kappa shape index (κ3) is 5.58. The van der Waals surface area contributed by atoms with E-state index in [0.29, 0.717) is 46.3 Å². The van der Waals surface area contributed by atoms with Crippen LogP contribution in [0, 0.1) is 0 Å². The van der Waals surface area contributed by atoms with E-state index in [1.807, 2.05) is 50.2 Å². The maximum Gasteiger partial charge on any atom is 0.260 e. The molecule has 4 rings (SSSR count). The average molecular weight is 489 g/mol. The lowest BCUT2D eigenvalue weighted by Gasteiger charge is -2.19. The van der Waals surface area contributed by atoms with Gasteiger partial charge in [0.2, 0.25) is 0 Å². The highest BCUT2D eigenvalue weighted by Crippen LogP contribution is 2.29. The number of para-hydroxylation sites is 1. The topological polar surface area (TPSA) is 84.4 Å². The van der Waals surface area contributed by atoms with Crippen molar-refractivity contribution in [2.45, 2.75) is 13.8 Å². The number of carbonyl (C=O) groups is 2. The Kier molecular flexibility index (Phi) is 7.57.